The number of methoxy groups -OCH3 is 1. The summed E-state index contributed by atoms with van der Waals surface area (Å²) in [6.45, 7) is 4.18. The molecule has 5 heteroatoms. The summed E-state index contributed by atoms with van der Waals surface area (Å²) in [5.41, 5.74) is 1.21. The molecular formula is C15H21NO4. The van der Waals surface area contributed by atoms with E-state index in [4.69, 9.17) is 4.74 Å². The van der Waals surface area contributed by atoms with E-state index in [-0.39, 0.29) is 19.1 Å². The summed E-state index contributed by atoms with van der Waals surface area (Å²) in [6, 6.07) is 7.60. The minimum Gasteiger partial charge on any atom is -0.484 e. The molecule has 1 aromatic rings. The third-order valence-corrected chi connectivity index (χ3v) is 2.98. The van der Waals surface area contributed by atoms with E-state index >= 15 is 0 Å². The monoisotopic (exact) mass is 279 g/mol. The molecule has 0 N–H and O–H groups in total. The molecule has 1 aromatic carbocycles. The van der Waals surface area contributed by atoms with Crippen LogP contribution in [0.5, 0.6) is 5.75 Å². The van der Waals surface area contributed by atoms with Gasteiger partial charge in [0.15, 0.2) is 6.61 Å². The molecular weight excluding hydrogens is 258 g/mol. The van der Waals surface area contributed by atoms with Crippen molar-refractivity contribution in [3.8, 4) is 5.75 Å². The first kappa shape index (κ1) is 16.0. The largest absolute Gasteiger partial charge is 0.484 e. The van der Waals surface area contributed by atoms with Gasteiger partial charge in [-0.1, -0.05) is 19.1 Å². The zero-order chi connectivity index (χ0) is 15.0. The van der Waals surface area contributed by atoms with Gasteiger partial charge in [-0.05, 0) is 31.0 Å². The molecule has 0 aromatic heterocycles. The fourth-order valence-corrected chi connectivity index (χ4v) is 1.65. The van der Waals surface area contributed by atoms with E-state index in [0.29, 0.717) is 12.3 Å². The number of likely N-dealkylation sites (N-methyl/N-ethyl adjacent to an activating group) is 1. The Morgan fingerprint density at radius 1 is 1.15 bits per heavy atom. The molecule has 0 aliphatic rings. The van der Waals surface area contributed by atoms with Gasteiger partial charge in [0.2, 0.25) is 0 Å². The Kier molecular flexibility index (Phi) is 6.56. The molecule has 0 saturated carbocycles. The molecule has 0 aliphatic carbocycles. The number of ether oxygens (including phenoxy) is 2. The van der Waals surface area contributed by atoms with Crippen molar-refractivity contribution in [1.82, 2.24) is 4.90 Å². The van der Waals surface area contributed by atoms with Crippen molar-refractivity contribution >= 4 is 11.9 Å². The summed E-state index contributed by atoms with van der Waals surface area (Å²) in [5.74, 6) is -0.0327. The van der Waals surface area contributed by atoms with Gasteiger partial charge in [-0.3, -0.25) is 9.59 Å². The average molecular weight is 279 g/mol. The van der Waals surface area contributed by atoms with Crippen molar-refractivity contribution in [2.45, 2.75) is 20.3 Å². The van der Waals surface area contributed by atoms with Gasteiger partial charge in [-0.15, -0.1) is 0 Å². The predicted molar refractivity (Wildman–Crippen MR) is 75.6 cm³/mol. The van der Waals surface area contributed by atoms with Gasteiger partial charge >= 0.3 is 5.97 Å². The van der Waals surface area contributed by atoms with E-state index in [0.717, 1.165) is 6.42 Å². The number of carbonyl (C=O) groups is 2. The fourth-order valence-electron chi connectivity index (χ4n) is 1.65. The standard InChI is InChI=1S/C15H21NO4/c1-4-12-6-8-13(9-7-12)20-11-14(17)16(5-2)10-15(18)19-3/h6-9H,4-5,10-11H2,1-3H3. The second-order valence-electron chi connectivity index (χ2n) is 4.27. The number of hydrogen-bond donors (Lipinski definition) is 0. The van der Waals surface area contributed by atoms with Crippen LogP contribution in [0.25, 0.3) is 0 Å². The second-order valence-corrected chi connectivity index (χ2v) is 4.27. The number of aryl methyl sites for hydroxylation is 1. The van der Waals surface area contributed by atoms with Crippen LogP contribution in [0.2, 0.25) is 0 Å². The summed E-state index contributed by atoms with van der Waals surface area (Å²) in [7, 11) is 1.30. The molecule has 0 atom stereocenters. The first-order chi connectivity index (χ1) is 9.60. The van der Waals surface area contributed by atoms with Crippen molar-refractivity contribution in [1.29, 1.82) is 0 Å². The van der Waals surface area contributed by atoms with E-state index in [1.807, 2.05) is 24.3 Å². The van der Waals surface area contributed by atoms with Crippen LogP contribution in [0.4, 0.5) is 0 Å². The van der Waals surface area contributed by atoms with Crippen LogP contribution in [0.1, 0.15) is 19.4 Å². The van der Waals surface area contributed by atoms with Gasteiger partial charge in [-0.2, -0.15) is 0 Å². The van der Waals surface area contributed by atoms with Crippen LogP contribution in [-0.4, -0.2) is 43.6 Å². The number of hydrogen-bond acceptors (Lipinski definition) is 4. The zero-order valence-electron chi connectivity index (χ0n) is 12.2. The smallest absolute Gasteiger partial charge is 0.325 e. The van der Waals surface area contributed by atoms with Gasteiger partial charge in [0, 0.05) is 6.54 Å². The van der Waals surface area contributed by atoms with E-state index in [1.165, 1.54) is 17.6 Å². The molecule has 0 bridgehead atoms. The van der Waals surface area contributed by atoms with E-state index < -0.39 is 5.97 Å². The number of benzene rings is 1. The van der Waals surface area contributed by atoms with Crippen LogP contribution in [0.15, 0.2) is 24.3 Å². The van der Waals surface area contributed by atoms with Crippen molar-refractivity contribution in [3.63, 3.8) is 0 Å². The lowest BCUT2D eigenvalue weighted by atomic mass is 10.2. The molecule has 0 unspecified atom stereocenters. The van der Waals surface area contributed by atoms with E-state index in [9.17, 15) is 9.59 Å². The molecule has 110 valence electrons. The molecule has 0 aliphatic heterocycles. The SMILES string of the molecule is CCc1ccc(OCC(=O)N(CC)CC(=O)OC)cc1. The minimum atomic E-state index is -0.438. The van der Waals surface area contributed by atoms with Gasteiger partial charge in [0.1, 0.15) is 12.3 Å². The summed E-state index contributed by atoms with van der Waals surface area (Å²) in [4.78, 5) is 24.5. The molecule has 5 nitrogen and oxygen atoms in total. The van der Waals surface area contributed by atoms with Crippen molar-refractivity contribution in [2.24, 2.45) is 0 Å². The Morgan fingerprint density at radius 3 is 2.30 bits per heavy atom. The highest BCUT2D eigenvalue weighted by Gasteiger charge is 2.16. The Balaban J connectivity index is 2.49. The maximum Gasteiger partial charge on any atom is 0.325 e. The van der Waals surface area contributed by atoms with Gasteiger partial charge in [0.25, 0.3) is 5.91 Å². The van der Waals surface area contributed by atoms with Gasteiger partial charge in [-0.25, -0.2) is 0 Å². The van der Waals surface area contributed by atoms with Gasteiger partial charge in [0.05, 0.1) is 7.11 Å². The van der Waals surface area contributed by atoms with E-state index in [1.54, 1.807) is 6.92 Å². The molecule has 0 spiro atoms. The average Bonchev–Trinajstić information content (AvgIpc) is 2.50. The maximum absolute atomic E-state index is 11.9. The van der Waals surface area contributed by atoms with Crippen LogP contribution >= 0.6 is 0 Å². The Labute approximate surface area is 119 Å². The maximum atomic E-state index is 11.9. The first-order valence-corrected chi connectivity index (χ1v) is 6.67. The molecule has 0 radical (unpaired) electrons. The molecule has 0 fully saturated rings. The Bertz CT molecular complexity index is 442. The van der Waals surface area contributed by atoms with Crippen molar-refractivity contribution < 1.29 is 19.1 Å². The van der Waals surface area contributed by atoms with Crippen LogP contribution < -0.4 is 4.74 Å². The van der Waals surface area contributed by atoms with E-state index in [2.05, 4.69) is 11.7 Å². The number of esters is 1. The summed E-state index contributed by atoms with van der Waals surface area (Å²) in [6.07, 6.45) is 0.960. The van der Waals surface area contributed by atoms with Crippen molar-refractivity contribution in [2.75, 3.05) is 26.8 Å². The summed E-state index contributed by atoms with van der Waals surface area (Å²) < 4.78 is 9.97. The summed E-state index contributed by atoms with van der Waals surface area (Å²) >= 11 is 0. The predicted octanol–water partition coefficient (Wildman–Crippen LogP) is 1.65. The highest BCUT2D eigenvalue weighted by Crippen LogP contribution is 2.12. The third-order valence-electron chi connectivity index (χ3n) is 2.98. The zero-order valence-corrected chi connectivity index (χ0v) is 12.2. The highest BCUT2D eigenvalue weighted by molar-refractivity contribution is 5.83. The highest BCUT2D eigenvalue weighted by atomic mass is 16.5. The quantitative estimate of drug-likeness (QED) is 0.712. The lowest BCUT2D eigenvalue weighted by Gasteiger charge is -2.19. The molecule has 0 saturated heterocycles. The summed E-state index contributed by atoms with van der Waals surface area (Å²) in [5, 5.41) is 0. The number of carbonyl (C=O) groups excluding carboxylic acids is 2. The number of rotatable bonds is 7. The van der Waals surface area contributed by atoms with Crippen LogP contribution in [0.3, 0.4) is 0 Å². The van der Waals surface area contributed by atoms with Crippen LogP contribution in [0, 0.1) is 0 Å². The second kappa shape index (κ2) is 8.19. The topological polar surface area (TPSA) is 55.8 Å². The Hall–Kier alpha value is -2.04. The lowest BCUT2D eigenvalue weighted by Crippen LogP contribution is -2.38. The number of amides is 1. The Morgan fingerprint density at radius 2 is 1.80 bits per heavy atom. The molecule has 1 amide bonds. The van der Waals surface area contributed by atoms with Crippen molar-refractivity contribution in [3.05, 3.63) is 29.8 Å². The molecule has 20 heavy (non-hydrogen) atoms. The number of nitrogens with zero attached hydrogens (tertiary/aromatic N) is 1. The first-order valence-electron chi connectivity index (χ1n) is 6.67. The molecule has 0 heterocycles. The third kappa shape index (κ3) is 4.91. The van der Waals surface area contributed by atoms with Crippen LogP contribution in [-0.2, 0) is 20.7 Å². The lowest BCUT2D eigenvalue weighted by molar-refractivity contribution is -0.147. The minimum absolute atomic E-state index is 0.0516. The molecule has 1 rings (SSSR count). The van der Waals surface area contributed by atoms with Gasteiger partial charge < -0.3 is 14.4 Å². The normalized spacial score (nSPS) is 9.95. The fraction of sp³-hybridized carbons (Fsp3) is 0.467.